The zero-order chi connectivity index (χ0) is 11.4. The number of pyridine rings is 1. The molecule has 1 atom stereocenters. The third kappa shape index (κ3) is 2.82. The lowest BCUT2D eigenvalue weighted by molar-refractivity contribution is 0.559. The molecule has 0 spiro atoms. The second-order valence-electron chi connectivity index (χ2n) is 3.94. The van der Waals surface area contributed by atoms with E-state index in [1.54, 1.807) is 6.20 Å². The molecule has 0 fully saturated rings. The largest absolute Gasteiger partial charge is 0.366 e. The van der Waals surface area contributed by atoms with Crippen molar-refractivity contribution in [2.75, 3.05) is 5.32 Å². The SMILES string of the molecule is Cc1cccc(NC(C)Cn2cccn2)n1. The van der Waals surface area contributed by atoms with Crippen molar-refractivity contribution in [2.45, 2.75) is 26.4 Å². The van der Waals surface area contributed by atoms with Gasteiger partial charge >= 0.3 is 0 Å². The second-order valence-corrected chi connectivity index (χ2v) is 3.94. The van der Waals surface area contributed by atoms with Crippen molar-refractivity contribution in [2.24, 2.45) is 0 Å². The van der Waals surface area contributed by atoms with Crippen molar-refractivity contribution in [3.05, 3.63) is 42.4 Å². The number of rotatable bonds is 4. The maximum Gasteiger partial charge on any atom is 0.126 e. The van der Waals surface area contributed by atoms with E-state index in [0.717, 1.165) is 18.1 Å². The van der Waals surface area contributed by atoms with Gasteiger partial charge in [0.15, 0.2) is 0 Å². The fraction of sp³-hybridized carbons (Fsp3) is 0.333. The molecule has 4 nitrogen and oxygen atoms in total. The zero-order valence-corrected chi connectivity index (χ0v) is 9.59. The molecule has 2 aromatic heterocycles. The monoisotopic (exact) mass is 216 g/mol. The lowest BCUT2D eigenvalue weighted by Gasteiger charge is -2.14. The predicted molar refractivity (Wildman–Crippen MR) is 64.3 cm³/mol. The smallest absolute Gasteiger partial charge is 0.126 e. The summed E-state index contributed by atoms with van der Waals surface area (Å²) in [4.78, 5) is 4.40. The highest BCUT2D eigenvalue weighted by molar-refractivity contribution is 5.35. The molecular weight excluding hydrogens is 200 g/mol. The molecule has 0 aliphatic rings. The van der Waals surface area contributed by atoms with E-state index in [9.17, 15) is 0 Å². The van der Waals surface area contributed by atoms with Crippen LogP contribution in [0.5, 0.6) is 0 Å². The number of nitrogens with zero attached hydrogens (tertiary/aromatic N) is 3. The van der Waals surface area contributed by atoms with Crippen LogP contribution in [0, 0.1) is 6.92 Å². The first-order chi connectivity index (χ1) is 7.74. The summed E-state index contributed by atoms with van der Waals surface area (Å²) >= 11 is 0. The van der Waals surface area contributed by atoms with Gasteiger partial charge in [0.2, 0.25) is 0 Å². The van der Waals surface area contributed by atoms with Gasteiger partial charge in [-0.25, -0.2) is 4.98 Å². The lowest BCUT2D eigenvalue weighted by Crippen LogP contribution is -2.22. The summed E-state index contributed by atoms with van der Waals surface area (Å²) < 4.78 is 1.91. The Morgan fingerprint density at radius 1 is 1.38 bits per heavy atom. The summed E-state index contributed by atoms with van der Waals surface area (Å²) in [5, 5.41) is 7.52. The summed E-state index contributed by atoms with van der Waals surface area (Å²) in [6, 6.07) is 8.20. The third-order valence-electron chi connectivity index (χ3n) is 2.30. The molecule has 1 N–H and O–H groups in total. The Bertz CT molecular complexity index is 436. The van der Waals surface area contributed by atoms with Crippen LogP contribution in [0.2, 0.25) is 0 Å². The van der Waals surface area contributed by atoms with Gasteiger partial charge in [0.25, 0.3) is 0 Å². The first-order valence-electron chi connectivity index (χ1n) is 5.41. The number of hydrogen-bond acceptors (Lipinski definition) is 3. The first-order valence-corrected chi connectivity index (χ1v) is 5.41. The second kappa shape index (κ2) is 4.79. The van der Waals surface area contributed by atoms with Gasteiger partial charge in [-0.05, 0) is 32.0 Å². The molecule has 16 heavy (non-hydrogen) atoms. The van der Waals surface area contributed by atoms with E-state index < -0.39 is 0 Å². The number of nitrogens with one attached hydrogen (secondary N) is 1. The minimum Gasteiger partial charge on any atom is -0.366 e. The van der Waals surface area contributed by atoms with Crippen LogP contribution in [-0.2, 0) is 6.54 Å². The van der Waals surface area contributed by atoms with Gasteiger partial charge in [0.05, 0.1) is 6.54 Å². The van der Waals surface area contributed by atoms with Crippen LogP contribution in [0.15, 0.2) is 36.7 Å². The summed E-state index contributed by atoms with van der Waals surface area (Å²) in [7, 11) is 0. The Labute approximate surface area is 95.3 Å². The van der Waals surface area contributed by atoms with E-state index in [0.29, 0.717) is 6.04 Å². The highest BCUT2D eigenvalue weighted by Gasteiger charge is 2.03. The maximum absolute atomic E-state index is 4.40. The van der Waals surface area contributed by atoms with Gasteiger partial charge in [0.1, 0.15) is 5.82 Å². The van der Waals surface area contributed by atoms with E-state index in [1.165, 1.54) is 0 Å². The summed E-state index contributed by atoms with van der Waals surface area (Å²) in [5.74, 6) is 0.916. The predicted octanol–water partition coefficient (Wildman–Crippen LogP) is 2.09. The fourth-order valence-corrected chi connectivity index (χ4v) is 1.61. The van der Waals surface area contributed by atoms with Gasteiger partial charge in [-0.3, -0.25) is 4.68 Å². The Morgan fingerprint density at radius 2 is 2.25 bits per heavy atom. The molecule has 4 heteroatoms. The molecule has 0 radical (unpaired) electrons. The standard InChI is InChI=1S/C12H16N4/c1-10-5-3-6-12(14-10)15-11(2)9-16-8-4-7-13-16/h3-8,11H,9H2,1-2H3,(H,14,15). The Kier molecular flexibility index (Phi) is 3.19. The minimum absolute atomic E-state index is 0.300. The van der Waals surface area contributed by atoms with E-state index in [-0.39, 0.29) is 0 Å². The van der Waals surface area contributed by atoms with Gasteiger partial charge < -0.3 is 5.32 Å². The molecule has 2 rings (SSSR count). The molecule has 0 aliphatic heterocycles. The molecule has 0 aromatic carbocycles. The lowest BCUT2D eigenvalue weighted by atomic mass is 10.3. The van der Waals surface area contributed by atoms with Crippen molar-refractivity contribution >= 4 is 5.82 Å². The average Bonchev–Trinajstić information content (AvgIpc) is 2.70. The number of anilines is 1. The third-order valence-corrected chi connectivity index (χ3v) is 2.30. The number of hydrogen-bond donors (Lipinski definition) is 1. The van der Waals surface area contributed by atoms with Crippen LogP contribution in [-0.4, -0.2) is 20.8 Å². The van der Waals surface area contributed by atoms with Gasteiger partial charge in [-0.1, -0.05) is 6.07 Å². The van der Waals surface area contributed by atoms with Crippen LogP contribution in [0.3, 0.4) is 0 Å². The normalized spacial score (nSPS) is 12.4. The quantitative estimate of drug-likeness (QED) is 0.851. The molecule has 0 bridgehead atoms. The van der Waals surface area contributed by atoms with Crippen LogP contribution < -0.4 is 5.32 Å². The van der Waals surface area contributed by atoms with Crippen molar-refractivity contribution in [3.8, 4) is 0 Å². The summed E-state index contributed by atoms with van der Waals surface area (Å²) in [6.07, 6.45) is 3.75. The van der Waals surface area contributed by atoms with E-state index >= 15 is 0 Å². The first kappa shape index (κ1) is 10.7. The van der Waals surface area contributed by atoms with Crippen LogP contribution >= 0.6 is 0 Å². The molecule has 2 aromatic rings. The molecule has 0 saturated carbocycles. The average molecular weight is 216 g/mol. The van der Waals surface area contributed by atoms with E-state index in [1.807, 2.05) is 42.1 Å². The van der Waals surface area contributed by atoms with Crippen LogP contribution in [0.1, 0.15) is 12.6 Å². The molecule has 2 heterocycles. The Balaban J connectivity index is 1.94. The Hall–Kier alpha value is -1.84. The van der Waals surface area contributed by atoms with Crippen molar-refractivity contribution in [3.63, 3.8) is 0 Å². The minimum atomic E-state index is 0.300. The van der Waals surface area contributed by atoms with E-state index in [2.05, 4.69) is 22.3 Å². The number of aromatic nitrogens is 3. The number of aryl methyl sites for hydroxylation is 1. The van der Waals surface area contributed by atoms with Crippen LogP contribution in [0.4, 0.5) is 5.82 Å². The van der Waals surface area contributed by atoms with Crippen molar-refractivity contribution < 1.29 is 0 Å². The van der Waals surface area contributed by atoms with Crippen molar-refractivity contribution in [1.29, 1.82) is 0 Å². The molecule has 84 valence electrons. The molecule has 1 unspecified atom stereocenters. The molecular formula is C12H16N4. The van der Waals surface area contributed by atoms with Gasteiger partial charge in [-0.15, -0.1) is 0 Å². The topological polar surface area (TPSA) is 42.7 Å². The molecule has 0 amide bonds. The van der Waals surface area contributed by atoms with Gasteiger partial charge in [-0.2, -0.15) is 5.10 Å². The van der Waals surface area contributed by atoms with E-state index in [4.69, 9.17) is 0 Å². The Morgan fingerprint density at radius 3 is 2.94 bits per heavy atom. The molecule has 0 saturated heterocycles. The molecule has 0 aliphatic carbocycles. The highest BCUT2D eigenvalue weighted by atomic mass is 15.3. The summed E-state index contributed by atoms with van der Waals surface area (Å²) in [5.41, 5.74) is 1.02. The van der Waals surface area contributed by atoms with Gasteiger partial charge in [0, 0.05) is 24.1 Å². The maximum atomic E-state index is 4.40. The highest BCUT2D eigenvalue weighted by Crippen LogP contribution is 2.06. The fourth-order valence-electron chi connectivity index (χ4n) is 1.61. The zero-order valence-electron chi connectivity index (χ0n) is 9.59. The van der Waals surface area contributed by atoms with Crippen molar-refractivity contribution in [1.82, 2.24) is 14.8 Å². The summed E-state index contributed by atoms with van der Waals surface area (Å²) in [6.45, 7) is 4.94. The van der Waals surface area contributed by atoms with Crippen LogP contribution in [0.25, 0.3) is 0 Å².